The molecule has 1 aliphatic heterocycles. The molecular formula is C19H18N6OS. The molecule has 0 aliphatic carbocycles. The van der Waals surface area contributed by atoms with Crippen LogP contribution in [0.1, 0.15) is 0 Å². The van der Waals surface area contributed by atoms with Gasteiger partial charge >= 0.3 is 0 Å². The Morgan fingerprint density at radius 2 is 1.63 bits per heavy atom. The quantitative estimate of drug-likeness (QED) is 0.591. The largest absolute Gasteiger partial charge is 0.508 e. The van der Waals surface area contributed by atoms with E-state index >= 15 is 0 Å². The van der Waals surface area contributed by atoms with Crippen LogP contribution < -0.4 is 9.80 Å². The molecule has 5 rings (SSSR count). The summed E-state index contributed by atoms with van der Waals surface area (Å²) in [6, 6.07) is 13.4. The number of anilines is 2. The lowest BCUT2D eigenvalue weighted by Crippen LogP contribution is -2.46. The van der Waals surface area contributed by atoms with Crippen molar-refractivity contribution in [2.24, 2.45) is 0 Å². The van der Waals surface area contributed by atoms with Crippen molar-refractivity contribution in [2.75, 3.05) is 36.0 Å². The zero-order valence-corrected chi connectivity index (χ0v) is 15.4. The van der Waals surface area contributed by atoms with Gasteiger partial charge in [-0.05, 0) is 47.8 Å². The molecule has 1 aromatic carbocycles. The first-order valence-corrected chi connectivity index (χ1v) is 9.76. The summed E-state index contributed by atoms with van der Waals surface area (Å²) in [5.74, 6) is 2.00. The number of nitrogens with zero attached hydrogens (tertiary/aromatic N) is 6. The van der Waals surface area contributed by atoms with Gasteiger partial charge in [0.2, 0.25) is 0 Å². The maximum Gasteiger partial charge on any atom is 0.186 e. The zero-order valence-electron chi connectivity index (χ0n) is 14.6. The molecule has 4 aromatic rings. The first kappa shape index (κ1) is 16.1. The van der Waals surface area contributed by atoms with Crippen LogP contribution in [-0.2, 0) is 0 Å². The highest BCUT2D eigenvalue weighted by molar-refractivity contribution is 7.08. The minimum absolute atomic E-state index is 0.297. The van der Waals surface area contributed by atoms with Crippen LogP contribution in [0.4, 0.5) is 11.5 Å². The van der Waals surface area contributed by atoms with Crippen LogP contribution in [0.2, 0.25) is 0 Å². The molecule has 8 heteroatoms. The number of phenolic OH excluding ortho intramolecular Hbond substituents is 1. The SMILES string of the molecule is Oc1ccc(N2CCN(c3ccc4nnc(-c5ccsc5)n4n3)CC2)cc1. The minimum atomic E-state index is 0.297. The number of piperazine rings is 1. The van der Waals surface area contributed by atoms with Crippen molar-refractivity contribution in [3.8, 4) is 17.1 Å². The average Bonchev–Trinajstić information content (AvgIpc) is 3.38. The van der Waals surface area contributed by atoms with Crippen LogP contribution >= 0.6 is 11.3 Å². The van der Waals surface area contributed by atoms with Gasteiger partial charge < -0.3 is 14.9 Å². The second kappa shape index (κ2) is 6.55. The van der Waals surface area contributed by atoms with Gasteiger partial charge in [0.05, 0.1) is 0 Å². The van der Waals surface area contributed by atoms with Gasteiger partial charge in [-0.15, -0.1) is 15.3 Å². The Bertz CT molecular complexity index is 1050. The van der Waals surface area contributed by atoms with Crippen LogP contribution in [0.5, 0.6) is 5.75 Å². The summed E-state index contributed by atoms with van der Waals surface area (Å²) in [4.78, 5) is 4.61. The Morgan fingerprint density at radius 3 is 2.37 bits per heavy atom. The van der Waals surface area contributed by atoms with E-state index < -0.39 is 0 Å². The van der Waals surface area contributed by atoms with Gasteiger partial charge in [0.25, 0.3) is 0 Å². The van der Waals surface area contributed by atoms with Crippen LogP contribution in [0.25, 0.3) is 17.0 Å². The maximum absolute atomic E-state index is 9.46. The molecular weight excluding hydrogens is 360 g/mol. The Labute approximate surface area is 160 Å². The van der Waals surface area contributed by atoms with Gasteiger partial charge in [0.15, 0.2) is 11.5 Å². The van der Waals surface area contributed by atoms with Crippen LogP contribution in [-0.4, -0.2) is 51.1 Å². The highest BCUT2D eigenvalue weighted by Gasteiger charge is 2.20. The molecule has 136 valence electrons. The highest BCUT2D eigenvalue weighted by atomic mass is 32.1. The first-order chi connectivity index (χ1) is 13.3. The molecule has 0 amide bonds. The van der Waals surface area contributed by atoms with E-state index in [1.165, 1.54) is 0 Å². The minimum Gasteiger partial charge on any atom is -0.508 e. The molecule has 0 saturated carbocycles. The topological polar surface area (TPSA) is 69.8 Å². The van der Waals surface area contributed by atoms with E-state index in [2.05, 4.69) is 25.4 Å². The summed E-state index contributed by atoms with van der Waals surface area (Å²) in [6.07, 6.45) is 0. The van der Waals surface area contributed by atoms with Gasteiger partial charge in [-0.3, -0.25) is 0 Å². The predicted octanol–water partition coefficient (Wildman–Crippen LogP) is 2.89. The van der Waals surface area contributed by atoms with Crippen molar-refractivity contribution in [2.45, 2.75) is 0 Å². The molecule has 0 bridgehead atoms. The van der Waals surface area contributed by atoms with E-state index in [-0.39, 0.29) is 0 Å². The second-order valence-corrected chi connectivity index (χ2v) is 7.27. The highest BCUT2D eigenvalue weighted by Crippen LogP contribution is 2.24. The molecule has 0 unspecified atom stereocenters. The molecule has 0 atom stereocenters. The Morgan fingerprint density at radius 1 is 0.852 bits per heavy atom. The predicted molar refractivity (Wildman–Crippen MR) is 107 cm³/mol. The number of fused-ring (bicyclic) bond motifs is 1. The van der Waals surface area contributed by atoms with E-state index in [4.69, 9.17) is 5.10 Å². The molecule has 3 aromatic heterocycles. The van der Waals surface area contributed by atoms with Crippen LogP contribution in [0.3, 0.4) is 0 Å². The van der Waals surface area contributed by atoms with E-state index in [1.807, 2.05) is 40.2 Å². The molecule has 1 aliphatic rings. The van der Waals surface area contributed by atoms with Crippen LogP contribution in [0.15, 0.2) is 53.2 Å². The Kier molecular flexibility index (Phi) is 3.90. The van der Waals surface area contributed by atoms with Crippen molar-refractivity contribution < 1.29 is 5.11 Å². The Hall–Kier alpha value is -3.13. The number of hydrogen-bond acceptors (Lipinski definition) is 7. The molecule has 4 heterocycles. The lowest BCUT2D eigenvalue weighted by atomic mass is 10.2. The second-order valence-electron chi connectivity index (χ2n) is 6.49. The fourth-order valence-corrected chi connectivity index (χ4v) is 4.01. The van der Waals surface area contributed by atoms with Crippen molar-refractivity contribution in [1.29, 1.82) is 0 Å². The summed E-state index contributed by atoms with van der Waals surface area (Å²) in [5, 5.41) is 26.9. The molecule has 1 saturated heterocycles. The monoisotopic (exact) mass is 378 g/mol. The van der Waals surface area contributed by atoms with E-state index in [1.54, 1.807) is 23.5 Å². The number of phenols is 1. The zero-order chi connectivity index (χ0) is 18.2. The van der Waals surface area contributed by atoms with E-state index in [0.29, 0.717) is 5.75 Å². The third-order valence-corrected chi connectivity index (χ3v) is 5.53. The van der Waals surface area contributed by atoms with Crippen LogP contribution in [0, 0.1) is 0 Å². The molecule has 1 N–H and O–H groups in total. The number of aromatic hydroxyl groups is 1. The van der Waals surface area contributed by atoms with Gasteiger partial charge in [0, 0.05) is 42.8 Å². The third-order valence-electron chi connectivity index (χ3n) is 4.85. The van der Waals surface area contributed by atoms with Gasteiger partial charge in [0.1, 0.15) is 11.6 Å². The number of rotatable bonds is 3. The van der Waals surface area contributed by atoms with E-state index in [9.17, 15) is 5.11 Å². The van der Waals surface area contributed by atoms with Gasteiger partial charge in [-0.25, -0.2) is 0 Å². The third kappa shape index (κ3) is 2.97. The standard InChI is InChI=1S/C19H18N6OS/c26-16-3-1-15(2-4-16)23-8-10-24(11-9-23)18-6-5-17-20-21-19(25(17)22-18)14-7-12-27-13-14/h1-7,12-13,26H,8-11H2. The van der Waals surface area contributed by atoms with Crippen molar-refractivity contribution in [3.05, 3.63) is 53.2 Å². The molecule has 0 radical (unpaired) electrons. The van der Waals surface area contributed by atoms with Crippen molar-refractivity contribution in [1.82, 2.24) is 19.8 Å². The summed E-state index contributed by atoms with van der Waals surface area (Å²) in [6.45, 7) is 3.58. The molecule has 27 heavy (non-hydrogen) atoms. The van der Waals surface area contributed by atoms with E-state index in [0.717, 1.165) is 54.7 Å². The lowest BCUT2D eigenvalue weighted by molar-refractivity contribution is 0.475. The molecule has 1 fully saturated rings. The number of aromatic nitrogens is 4. The summed E-state index contributed by atoms with van der Waals surface area (Å²) >= 11 is 1.64. The van der Waals surface area contributed by atoms with Crippen molar-refractivity contribution >= 4 is 28.5 Å². The smallest absolute Gasteiger partial charge is 0.186 e. The first-order valence-electron chi connectivity index (χ1n) is 8.82. The maximum atomic E-state index is 9.46. The number of thiophene rings is 1. The number of benzene rings is 1. The average molecular weight is 378 g/mol. The Balaban J connectivity index is 1.37. The molecule has 7 nitrogen and oxygen atoms in total. The fourth-order valence-electron chi connectivity index (χ4n) is 3.38. The van der Waals surface area contributed by atoms with Crippen molar-refractivity contribution in [3.63, 3.8) is 0 Å². The lowest BCUT2D eigenvalue weighted by Gasteiger charge is -2.36. The summed E-state index contributed by atoms with van der Waals surface area (Å²) in [5.41, 5.74) is 2.92. The normalized spacial score (nSPS) is 14.8. The van der Waals surface area contributed by atoms with Gasteiger partial charge in [-0.1, -0.05) is 0 Å². The molecule has 0 spiro atoms. The number of hydrogen-bond donors (Lipinski definition) is 1. The summed E-state index contributed by atoms with van der Waals surface area (Å²) < 4.78 is 1.82. The summed E-state index contributed by atoms with van der Waals surface area (Å²) in [7, 11) is 0. The van der Waals surface area contributed by atoms with Gasteiger partial charge in [-0.2, -0.15) is 15.9 Å². The fraction of sp³-hybridized carbons (Fsp3) is 0.211.